The van der Waals surface area contributed by atoms with Gasteiger partial charge >= 0.3 is 0 Å². The van der Waals surface area contributed by atoms with Crippen LogP contribution in [-0.2, 0) is 16.2 Å². The van der Waals surface area contributed by atoms with Crippen molar-refractivity contribution >= 4 is 105 Å². The van der Waals surface area contributed by atoms with Crippen molar-refractivity contribution in [3.63, 3.8) is 0 Å². The maximum Gasteiger partial charge on any atom is 0.264 e. The number of aryl methyl sites for hydroxylation is 1. The van der Waals surface area contributed by atoms with E-state index in [1.807, 2.05) is 11.3 Å². The van der Waals surface area contributed by atoms with E-state index >= 15 is 0 Å². The summed E-state index contributed by atoms with van der Waals surface area (Å²) < 4.78 is 2.83. The lowest BCUT2D eigenvalue weighted by atomic mass is 9.35. The molecule has 0 unspecified atom stereocenters. The minimum atomic E-state index is -1.48. The topological polar surface area (TPSA) is 6.48 Å². The fraction of sp³-hybridized carbons (Fsp3) is 0.360. The molecule has 0 atom stereocenters. The summed E-state index contributed by atoms with van der Waals surface area (Å²) in [6.45, 7) is 31.5. The largest absolute Gasteiger partial charge is 0.311 e. The molecule has 3 aliphatic rings. The van der Waals surface area contributed by atoms with Gasteiger partial charge in [-0.05, 0) is 124 Å². The third-order valence-corrected chi connectivity index (χ3v) is 18.1. The molecule has 6 aromatic rings. The SMILES string of the molecule is Cc1cc2c3c(c1)N(c1ccc([Si](C)C)cc1)c1c(sc4ccc(C(C)(C)C)cc14)B3c1cc3c(cc1N2c1ccc([Si](C)(C)C)cc1)C(C)(C)CCC3(C)C. The monoisotopic (exact) mass is 785 g/mol. The predicted octanol–water partition coefficient (Wildman–Crippen LogP) is 11.4. The normalized spacial score (nSPS) is 16.9. The second kappa shape index (κ2) is 12.6. The van der Waals surface area contributed by atoms with Crippen molar-refractivity contribution in [1.82, 2.24) is 0 Å². The van der Waals surface area contributed by atoms with Crippen molar-refractivity contribution in [2.45, 2.75) is 117 Å². The van der Waals surface area contributed by atoms with Gasteiger partial charge in [0.05, 0.1) is 22.6 Å². The number of hydrogen-bond acceptors (Lipinski definition) is 3. The molecule has 1 aliphatic carbocycles. The Bertz CT molecular complexity index is 2550. The molecule has 0 spiro atoms. The second-order valence-corrected chi connectivity index (χ2v) is 29.4. The first-order valence-electron chi connectivity index (χ1n) is 20.8. The summed E-state index contributed by atoms with van der Waals surface area (Å²) in [5.74, 6) is 0. The van der Waals surface area contributed by atoms with Crippen LogP contribution in [0.4, 0.5) is 34.1 Å². The molecule has 0 saturated carbocycles. The van der Waals surface area contributed by atoms with Gasteiger partial charge in [0, 0.05) is 43.3 Å². The Morgan fingerprint density at radius 1 is 0.696 bits per heavy atom. The molecule has 0 N–H and O–H groups in total. The summed E-state index contributed by atoms with van der Waals surface area (Å²) in [5, 5.41) is 4.34. The van der Waals surface area contributed by atoms with Crippen LogP contribution in [0.5, 0.6) is 0 Å². The molecule has 0 bridgehead atoms. The number of thiophene rings is 1. The van der Waals surface area contributed by atoms with Crippen LogP contribution in [0.3, 0.4) is 0 Å². The Labute approximate surface area is 343 Å². The highest BCUT2D eigenvalue weighted by atomic mass is 32.1. The summed E-state index contributed by atoms with van der Waals surface area (Å²) >= 11 is 2.02. The van der Waals surface area contributed by atoms with Gasteiger partial charge in [-0.1, -0.05) is 128 Å². The van der Waals surface area contributed by atoms with Crippen molar-refractivity contribution in [2.24, 2.45) is 0 Å². The van der Waals surface area contributed by atoms with Gasteiger partial charge in [-0.2, -0.15) is 0 Å². The van der Waals surface area contributed by atoms with E-state index in [1.54, 1.807) is 0 Å². The molecular formula is C50H58BN2SSi2. The minimum Gasteiger partial charge on any atom is -0.311 e. The zero-order valence-electron chi connectivity index (χ0n) is 36.0. The fourth-order valence-corrected chi connectivity index (χ4v) is 13.0. The summed E-state index contributed by atoms with van der Waals surface area (Å²) in [6.07, 6.45) is 2.40. The van der Waals surface area contributed by atoms with Crippen LogP contribution in [0.25, 0.3) is 10.1 Å². The molecule has 0 amide bonds. The number of fused-ring (bicyclic) bond motifs is 7. The van der Waals surface area contributed by atoms with Crippen molar-refractivity contribution in [3.05, 3.63) is 113 Å². The zero-order chi connectivity index (χ0) is 39.9. The van der Waals surface area contributed by atoms with Crippen LogP contribution in [0.1, 0.15) is 83.6 Å². The van der Waals surface area contributed by atoms with Gasteiger partial charge in [-0.25, -0.2) is 0 Å². The average molecular weight is 786 g/mol. The molecule has 285 valence electrons. The van der Waals surface area contributed by atoms with E-state index in [1.165, 1.54) is 105 Å². The van der Waals surface area contributed by atoms with E-state index in [0.717, 1.165) is 0 Å². The first kappa shape index (κ1) is 37.7. The highest BCUT2D eigenvalue weighted by Gasteiger charge is 2.48. The first-order valence-corrected chi connectivity index (χ1v) is 27.6. The highest BCUT2D eigenvalue weighted by molar-refractivity contribution is 7.33. The van der Waals surface area contributed by atoms with Gasteiger partial charge in [-0.3, -0.25) is 0 Å². The van der Waals surface area contributed by atoms with Crippen molar-refractivity contribution in [1.29, 1.82) is 0 Å². The molecule has 3 heterocycles. The van der Waals surface area contributed by atoms with Gasteiger partial charge in [0.15, 0.2) is 0 Å². The van der Waals surface area contributed by atoms with E-state index in [-0.39, 0.29) is 23.0 Å². The molecule has 1 radical (unpaired) electrons. The number of anilines is 6. The van der Waals surface area contributed by atoms with Crippen LogP contribution in [-0.4, -0.2) is 23.6 Å². The molecule has 6 heteroatoms. The van der Waals surface area contributed by atoms with E-state index in [9.17, 15) is 0 Å². The highest BCUT2D eigenvalue weighted by Crippen LogP contribution is 2.52. The zero-order valence-corrected chi connectivity index (χ0v) is 38.8. The Balaban J connectivity index is 1.41. The van der Waals surface area contributed by atoms with E-state index < -0.39 is 16.9 Å². The van der Waals surface area contributed by atoms with Crippen LogP contribution < -0.4 is 35.9 Å². The van der Waals surface area contributed by atoms with Gasteiger partial charge < -0.3 is 9.80 Å². The molecule has 56 heavy (non-hydrogen) atoms. The number of benzene rings is 5. The predicted molar refractivity (Wildman–Crippen MR) is 255 cm³/mol. The minimum absolute atomic E-state index is 0.0485. The third-order valence-electron chi connectivity index (χ3n) is 13.3. The number of nitrogens with zero attached hydrogens (tertiary/aromatic N) is 2. The average Bonchev–Trinajstić information content (AvgIpc) is 3.51. The number of rotatable bonds is 4. The molecule has 2 nitrogen and oxygen atoms in total. The van der Waals surface area contributed by atoms with Gasteiger partial charge in [0.1, 0.15) is 0 Å². The van der Waals surface area contributed by atoms with Crippen LogP contribution >= 0.6 is 11.3 Å². The Morgan fingerprint density at radius 3 is 1.86 bits per heavy atom. The maximum atomic E-state index is 2.68. The van der Waals surface area contributed by atoms with E-state index in [4.69, 9.17) is 0 Å². The molecule has 5 aromatic carbocycles. The van der Waals surface area contributed by atoms with E-state index in [2.05, 4.69) is 189 Å². The Kier molecular flexibility index (Phi) is 8.47. The molecule has 1 aromatic heterocycles. The standard InChI is InChI=1S/C50H58BN2SSi2/c1-31-26-42-45-43(27-31)53(34-15-19-35(20-16-34)55(9)10)46-37-28-32(48(2,3)4)14-23-44(37)54-47(46)51(45)40-29-38-39(50(7,8)25-24-49(38,5)6)30-41(40)52(42)33-17-21-36(22-18-33)56(11,12)13/h14-23,26-30H,24-25H2,1-13H3. The first-order chi connectivity index (χ1) is 26.2. The van der Waals surface area contributed by atoms with Gasteiger partial charge in [0.2, 0.25) is 0 Å². The summed E-state index contributed by atoms with van der Waals surface area (Å²) in [6, 6.07) is 36.8. The number of hydrogen-bond donors (Lipinski definition) is 0. The summed E-state index contributed by atoms with van der Waals surface area (Å²) in [4.78, 5) is 5.29. The maximum absolute atomic E-state index is 2.68. The van der Waals surface area contributed by atoms with E-state index in [0.29, 0.717) is 0 Å². The van der Waals surface area contributed by atoms with Crippen molar-refractivity contribution < 1.29 is 0 Å². The molecule has 2 aliphatic heterocycles. The van der Waals surface area contributed by atoms with Crippen LogP contribution in [0.2, 0.25) is 32.7 Å². The second-order valence-electron chi connectivity index (χ2n) is 20.7. The van der Waals surface area contributed by atoms with Gasteiger partial charge in [-0.15, -0.1) is 11.3 Å². The van der Waals surface area contributed by atoms with Gasteiger partial charge in [0.25, 0.3) is 6.71 Å². The lowest BCUT2D eigenvalue weighted by molar-refractivity contribution is 0.332. The van der Waals surface area contributed by atoms with Crippen LogP contribution in [0, 0.1) is 6.92 Å². The molecular weight excluding hydrogens is 728 g/mol. The van der Waals surface area contributed by atoms with Crippen molar-refractivity contribution in [3.8, 4) is 0 Å². The lowest BCUT2D eigenvalue weighted by Crippen LogP contribution is -2.61. The molecule has 9 rings (SSSR count). The van der Waals surface area contributed by atoms with Crippen LogP contribution in [0.15, 0.2) is 91.0 Å². The Morgan fingerprint density at radius 2 is 1.27 bits per heavy atom. The molecule has 0 saturated heterocycles. The fourth-order valence-electron chi connectivity index (χ4n) is 9.74. The quantitative estimate of drug-likeness (QED) is 0.164. The summed E-state index contributed by atoms with van der Waals surface area (Å²) in [7, 11) is -2.05. The lowest BCUT2D eigenvalue weighted by Gasteiger charge is -2.47. The Hall–Kier alpha value is -3.84. The third kappa shape index (κ3) is 5.83. The van der Waals surface area contributed by atoms with Crippen molar-refractivity contribution in [2.75, 3.05) is 9.80 Å². The summed E-state index contributed by atoms with van der Waals surface area (Å²) in [5.41, 5.74) is 16.7. The molecule has 0 fully saturated rings. The smallest absolute Gasteiger partial charge is 0.264 e.